The lowest BCUT2D eigenvalue weighted by Crippen LogP contribution is -2.22. The number of aromatic nitrogens is 2. The fourth-order valence-electron chi connectivity index (χ4n) is 3.29. The van der Waals surface area contributed by atoms with Crippen LogP contribution in [0.1, 0.15) is 31.4 Å². The summed E-state index contributed by atoms with van der Waals surface area (Å²) >= 11 is 4.41. The summed E-state index contributed by atoms with van der Waals surface area (Å²) in [5.41, 5.74) is 4.50. The van der Waals surface area contributed by atoms with Crippen LogP contribution in [0.4, 0.5) is 5.69 Å². The van der Waals surface area contributed by atoms with E-state index < -0.39 is 0 Å². The van der Waals surface area contributed by atoms with Crippen molar-refractivity contribution in [1.29, 1.82) is 0 Å². The number of nitrogens with zero attached hydrogens (tertiary/aromatic N) is 3. The molecule has 1 unspecified atom stereocenters. The average Bonchev–Trinajstić information content (AvgIpc) is 3.27. The number of thiol groups is 1. The molecule has 0 spiro atoms. The van der Waals surface area contributed by atoms with Gasteiger partial charge in [-0.2, -0.15) is 0 Å². The molecule has 0 amide bonds. The van der Waals surface area contributed by atoms with E-state index in [0.717, 1.165) is 36.2 Å². The van der Waals surface area contributed by atoms with Gasteiger partial charge in [-0.05, 0) is 30.5 Å². The largest absolute Gasteiger partial charge is 0.372 e. The van der Waals surface area contributed by atoms with Crippen molar-refractivity contribution in [1.82, 2.24) is 8.96 Å². The Hall–Kier alpha value is -1.98. The zero-order valence-corrected chi connectivity index (χ0v) is 16.6. The Kier molecular flexibility index (Phi) is 6.22. The highest BCUT2D eigenvalue weighted by Gasteiger charge is 2.24. The van der Waals surface area contributed by atoms with Crippen LogP contribution in [-0.4, -0.2) is 28.1 Å². The average molecular weight is 370 g/mol. The predicted molar refractivity (Wildman–Crippen MR) is 112 cm³/mol. The number of anilines is 1. The highest BCUT2D eigenvalue weighted by atomic mass is 32.1. The van der Waals surface area contributed by atoms with E-state index in [2.05, 4.69) is 60.0 Å². The summed E-state index contributed by atoms with van der Waals surface area (Å²) in [4.78, 5) is 6.93. The molecule has 0 N–H and O–H groups in total. The van der Waals surface area contributed by atoms with Gasteiger partial charge in [0.1, 0.15) is 5.65 Å². The first kappa shape index (κ1) is 18.8. The van der Waals surface area contributed by atoms with Crippen LogP contribution in [0.3, 0.4) is 0 Å². The normalized spacial score (nSPS) is 16.6. The predicted octanol–water partition coefficient (Wildman–Crippen LogP) is 4.86. The molecule has 4 nitrogen and oxygen atoms in total. The highest BCUT2D eigenvalue weighted by Crippen LogP contribution is 2.27. The molecule has 3 aromatic rings. The van der Waals surface area contributed by atoms with E-state index in [1.54, 1.807) is 3.97 Å². The summed E-state index contributed by atoms with van der Waals surface area (Å²) in [6.45, 7) is 8.70. The van der Waals surface area contributed by atoms with Gasteiger partial charge in [0.25, 0.3) is 0 Å². The third-order valence-corrected chi connectivity index (χ3v) is 4.95. The molecule has 0 saturated carbocycles. The maximum absolute atomic E-state index is 6.08. The second-order valence-corrected chi connectivity index (χ2v) is 6.81. The number of fused-ring (bicyclic) bond motifs is 1. The van der Waals surface area contributed by atoms with E-state index >= 15 is 0 Å². The molecule has 1 aliphatic heterocycles. The van der Waals surface area contributed by atoms with Crippen molar-refractivity contribution < 1.29 is 4.74 Å². The zero-order valence-electron chi connectivity index (χ0n) is 15.7. The molecule has 1 aromatic carbocycles. The monoisotopic (exact) mass is 369 g/mol. The Balaban J connectivity index is 0.000000948. The van der Waals surface area contributed by atoms with Gasteiger partial charge < -0.3 is 9.64 Å². The quantitative estimate of drug-likeness (QED) is 0.666. The van der Waals surface area contributed by atoms with Crippen LogP contribution in [-0.2, 0) is 11.3 Å². The number of ether oxygens (including phenoxy) is 1. The molecule has 0 aliphatic carbocycles. The minimum atomic E-state index is 0.275. The maximum Gasteiger partial charge on any atom is 0.150 e. The minimum Gasteiger partial charge on any atom is -0.372 e. The molecular weight excluding hydrogens is 342 g/mol. The SMILES string of the molecule is CC.Cc1cn(S)c2ncc(N3CCC(OCc4ccccc4)C3)cc12. The van der Waals surface area contributed by atoms with Gasteiger partial charge in [0, 0.05) is 24.7 Å². The van der Waals surface area contributed by atoms with Crippen LogP contribution in [0, 0.1) is 6.92 Å². The summed E-state index contributed by atoms with van der Waals surface area (Å²) in [5.74, 6) is 0. The number of benzene rings is 1. The Bertz CT molecular complexity index is 847. The number of rotatable bonds is 4. The Morgan fingerprint density at radius 2 is 2.00 bits per heavy atom. The van der Waals surface area contributed by atoms with E-state index in [9.17, 15) is 0 Å². The summed E-state index contributed by atoms with van der Waals surface area (Å²) < 4.78 is 7.86. The number of hydrogen-bond donors (Lipinski definition) is 1. The molecule has 26 heavy (non-hydrogen) atoms. The summed E-state index contributed by atoms with van der Waals surface area (Å²) in [5, 5.41) is 1.16. The molecule has 0 radical (unpaired) electrons. The van der Waals surface area contributed by atoms with Gasteiger partial charge in [0.05, 0.1) is 24.6 Å². The van der Waals surface area contributed by atoms with Crippen LogP contribution >= 0.6 is 12.8 Å². The topological polar surface area (TPSA) is 30.3 Å². The van der Waals surface area contributed by atoms with Crippen LogP contribution in [0.25, 0.3) is 11.0 Å². The Labute approximate surface area is 161 Å². The molecule has 3 heterocycles. The van der Waals surface area contributed by atoms with Crippen LogP contribution in [0.15, 0.2) is 48.8 Å². The van der Waals surface area contributed by atoms with Crippen LogP contribution in [0.5, 0.6) is 0 Å². The van der Waals surface area contributed by atoms with E-state index in [0.29, 0.717) is 6.61 Å². The third-order valence-electron chi connectivity index (χ3n) is 4.65. The van der Waals surface area contributed by atoms with Gasteiger partial charge in [-0.3, -0.25) is 3.97 Å². The van der Waals surface area contributed by atoms with E-state index in [4.69, 9.17) is 4.74 Å². The standard InChI is InChI=1S/C19H21N3OS.C2H6/c1-14-11-22(24)19-18(14)9-16(10-20-19)21-8-7-17(12-21)23-13-15-5-3-2-4-6-15;1-2/h2-6,9-11,17,24H,7-8,12-13H2,1H3;1-2H3. The lowest BCUT2D eigenvalue weighted by atomic mass is 10.2. The van der Waals surface area contributed by atoms with Gasteiger partial charge in [-0.1, -0.05) is 57.0 Å². The fraction of sp³-hybridized carbons (Fsp3) is 0.381. The number of hydrogen-bond acceptors (Lipinski definition) is 4. The number of aryl methyl sites for hydroxylation is 1. The maximum atomic E-state index is 6.08. The van der Waals surface area contributed by atoms with Crippen molar-refractivity contribution in [3.8, 4) is 0 Å². The first-order chi connectivity index (χ1) is 12.7. The van der Waals surface area contributed by atoms with Crippen LogP contribution in [0.2, 0.25) is 0 Å². The van der Waals surface area contributed by atoms with Gasteiger partial charge in [-0.25, -0.2) is 4.98 Å². The van der Waals surface area contributed by atoms with Crippen molar-refractivity contribution in [3.63, 3.8) is 0 Å². The van der Waals surface area contributed by atoms with Gasteiger partial charge in [0.15, 0.2) is 0 Å². The van der Waals surface area contributed by atoms with Crippen molar-refractivity contribution in [2.24, 2.45) is 0 Å². The van der Waals surface area contributed by atoms with Gasteiger partial charge >= 0.3 is 0 Å². The van der Waals surface area contributed by atoms with Gasteiger partial charge in [0.2, 0.25) is 0 Å². The van der Waals surface area contributed by atoms with Gasteiger partial charge in [-0.15, -0.1) is 0 Å². The first-order valence-electron chi connectivity index (χ1n) is 9.28. The van der Waals surface area contributed by atoms with E-state index in [-0.39, 0.29) is 6.10 Å². The Morgan fingerprint density at radius 1 is 1.23 bits per heavy atom. The first-order valence-corrected chi connectivity index (χ1v) is 9.68. The highest BCUT2D eigenvalue weighted by molar-refractivity contribution is 7.78. The summed E-state index contributed by atoms with van der Waals surface area (Å²) in [7, 11) is 0. The van der Waals surface area contributed by atoms with Crippen molar-refractivity contribution in [2.45, 2.75) is 39.9 Å². The molecule has 138 valence electrons. The minimum absolute atomic E-state index is 0.275. The summed E-state index contributed by atoms with van der Waals surface area (Å²) in [6.07, 6.45) is 5.27. The number of pyridine rings is 1. The molecule has 1 aliphatic rings. The molecule has 1 atom stereocenters. The lowest BCUT2D eigenvalue weighted by molar-refractivity contribution is 0.0553. The van der Waals surface area contributed by atoms with E-state index in [1.165, 1.54) is 11.1 Å². The molecule has 1 fully saturated rings. The lowest BCUT2D eigenvalue weighted by Gasteiger charge is -2.18. The second-order valence-electron chi connectivity index (χ2n) is 6.37. The van der Waals surface area contributed by atoms with Crippen molar-refractivity contribution in [3.05, 3.63) is 59.9 Å². The summed E-state index contributed by atoms with van der Waals surface area (Å²) in [6, 6.07) is 12.6. The van der Waals surface area contributed by atoms with Crippen molar-refractivity contribution in [2.75, 3.05) is 18.0 Å². The zero-order chi connectivity index (χ0) is 18.5. The molecule has 1 saturated heterocycles. The molecule has 5 heteroatoms. The fourth-order valence-corrected chi connectivity index (χ4v) is 3.63. The Morgan fingerprint density at radius 3 is 2.77 bits per heavy atom. The van der Waals surface area contributed by atoms with E-state index in [1.807, 2.05) is 32.3 Å². The molecular formula is C21H27N3OS. The molecule has 4 rings (SSSR count). The van der Waals surface area contributed by atoms with Crippen molar-refractivity contribution >= 4 is 29.5 Å². The second kappa shape index (κ2) is 8.60. The molecule has 2 aromatic heterocycles. The van der Waals surface area contributed by atoms with Crippen LogP contribution < -0.4 is 4.90 Å². The molecule has 0 bridgehead atoms. The smallest absolute Gasteiger partial charge is 0.150 e. The third kappa shape index (κ3) is 4.05.